The molecule has 1 aliphatic carbocycles. The Bertz CT molecular complexity index is 1130. The highest BCUT2D eigenvalue weighted by Crippen LogP contribution is 2.32. The van der Waals surface area contributed by atoms with E-state index >= 15 is 0 Å². The number of carbonyl (C=O) groups is 1. The summed E-state index contributed by atoms with van der Waals surface area (Å²) in [6, 6.07) is 19.7. The molecule has 2 aromatic carbocycles. The van der Waals surface area contributed by atoms with Gasteiger partial charge in [0.15, 0.2) is 5.69 Å². The van der Waals surface area contributed by atoms with Crippen LogP contribution in [0.25, 0.3) is 0 Å². The van der Waals surface area contributed by atoms with E-state index in [-0.39, 0.29) is 24.1 Å². The van der Waals surface area contributed by atoms with Crippen LogP contribution in [-0.2, 0) is 6.61 Å². The first-order valence-corrected chi connectivity index (χ1v) is 10.5. The molecule has 7 heteroatoms. The first-order chi connectivity index (χ1) is 15.1. The van der Waals surface area contributed by atoms with Crippen LogP contribution in [0.3, 0.4) is 0 Å². The van der Waals surface area contributed by atoms with E-state index in [4.69, 9.17) is 4.74 Å². The van der Waals surface area contributed by atoms with E-state index in [9.17, 15) is 14.4 Å². The number of hydrogen-bond acceptors (Lipinski definition) is 4. The van der Waals surface area contributed by atoms with Gasteiger partial charge in [-0.15, -0.1) is 0 Å². The molecule has 1 amide bonds. The third-order valence-electron chi connectivity index (χ3n) is 5.69. The lowest BCUT2D eigenvalue weighted by atomic mass is 9.82. The SMILES string of the molecule is O=C(N[C@H]1CC[C@@H](c2ccccc2)CC1)c1[nH]c(=O)[nH]c(=O)c1OCc1ccccc1. The van der Waals surface area contributed by atoms with Gasteiger partial charge in [0.05, 0.1) is 0 Å². The summed E-state index contributed by atoms with van der Waals surface area (Å²) in [7, 11) is 0. The molecule has 31 heavy (non-hydrogen) atoms. The van der Waals surface area contributed by atoms with Crippen LogP contribution >= 0.6 is 0 Å². The van der Waals surface area contributed by atoms with E-state index in [0.717, 1.165) is 31.2 Å². The number of hydrogen-bond donors (Lipinski definition) is 3. The Hall–Kier alpha value is -3.61. The number of ether oxygens (including phenoxy) is 1. The zero-order valence-corrected chi connectivity index (χ0v) is 17.1. The van der Waals surface area contributed by atoms with E-state index in [1.54, 1.807) is 0 Å². The van der Waals surface area contributed by atoms with Gasteiger partial charge in [0, 0.05) is 6.04 Å². The van der Waals surface area contributed by atoms with Crippen molar-refractivity contribution in [1.29, 1.82) is 0 Å². The van der Waals surface area contributed by atoms with E-state index in [0.29, 0.717) is 5.92 Å². The fraction of sp³-hybridized carbons (Fsp3) is 0.292. The molecule has 7 nitrogen and oxygen atoms in total. The number of amides is 1. The quantitative estimate of drug-likeness (QED) is 0.571. The Morgan fingerprint density at radius 1 is 0.903 bits per heavy atom. The number of rotatable bonds is 6. The lowest BCUT2D eigenvalue weighted by Gasteiger charge is -2.29. The molecule has 1 aliphatic rings. The summed E-state index contributed by atoms with van der Waals surface area (Å²) >= 11 is 0. The van der Waals surface area contributed by atoms with Crippen LogP contribution in [0.1, 0.15) is 53.2 Å². The Labute approximate surface area is 179 Å². The number of carbonyl (C=O) groups excluding carboxylic acids is 1. The highest BCUT2D eigenvalue weighted by molar-refractivity contribution is 5.94. The molecule has 1 heterocycles. The molecule has 1 aromatic heterocycles. The van der Waals surface area contributed by atoms with Crippen molar-refractivity contribution in [3.63, 3.8) is 0 Å². The first kappa shape index (κ1) is 20.7. The minimum absolute atomic E-state index is 0.0165. The second kappa shape index (κ2) is 9.47. The van der Waals surface area contributed by atoms with Crippen molar-refractivity contribution < 1.29 is 9.53 Å². The minimum atomic E-state index is -0.741. The van der Waals surface area contributed by atoms with Crippen molar-refractivity contribution in [2.24, 2.45) is 0 Å². The Morgan fingerprint density at radius 2 is 1.55 bits per heavy atom. The molecule has 3 aromatic rings. The van der Waals surface area contributed by atoms with Crippen LogP contribution in [-0.4, -0.2) is 21.9 Å². The van der Waals surface area contributed by atoms with Gasteiger partial charge in [-0.05, 0) is 42.7 Å². The van der Waals surface area contributed by atoms with Crippen molar-refractivity contribution in [3.05, 3.63) is 98.3 Å². The fourth-order valence-corrected chi connectivity index (χ4v) is 4.06. The average molecular weight is 419 g/mol. The van der Waals surface area contributed by atoms with Crippen molar-refractivity contribution in [1.82, 2.24) is 15.3 Å². The van der Waals surface area contributed by atoms with Crippen LogP contribution in [0.15, 0.2) is 70.3 Å². The van der Waals surface area contributed by atoms with Gasteiger partial charge in [0.2, 0.25) is 5.75 Å². The standard InChI is InChI=1S/C24H25N3O4/c28-22(25-19-13-11-18(12-14-19)17-9-5-2-6-10-17)20-21(23(29)27-24(30)26-20)31-15-16-7-3-1-4-8-16/h1-10,18-19H,11-15H2,(H,25,28)(H2,26,27,29,30)/t18-,19+. The van der Waals surface area contributed by atoms with Gasteiger partial charge in [0.1, 0.15) is 6.61 Å². The zero-order valence-electron chi connectivity index (χ0n) is 17.1. The fourth-order valence-electron chi connectivity index (χ4n) is 4.06. The van der Waals surface area contributed by atoms with Gasteiger partial charge in [-0.25, -0.2) is 4.79 Å². The molecule has 3 N–H and O–H groups in total. The predicted molar refractivity (Wildman–Crippen MR) is 117 cm³/mol. The highest BCUT2D eigenvalue weighted by atomic mass is 16.5. The molecule has 0 bridgehead atoms. The van der Waals surface area contributed by atoms with Crippen LogP contribution in [0, 0.1) is 0 Å². The molecular formula is C24H25N3O4. The van der Waals surface area contributed by atoms with Crippen LogP contribution < -0.4 is 21.3 Å². The summed E-state index contributed by atoms with van der Waals surface area (Å²) in [5, 5.41) is 2.96. The summed E-state index contributed by atoms with van der Waals surface area (Å²) in [6.07, 6.45) is 3.61. The minimum Gasteiger partial charge on any atom is -0.481 e. The van der Waals surface area contributed by atoms with E-state index in [2.05, 4.69) is 27.4 Å². The van der Waals surface area contributed by atoms with Crippen molar-refractivity contribution in [2.45, 2.75) is 44.2 Å². The van der Waals surface area contributed by atoms with Crippen molar-refractivity contribution in [3.8, 4) is 5.75 Å². The summed E-state index contributed by atoms with van der Waals surface area (Å²) < 4.78 is 5.62. The monoisotopic (exact) mass is 419 g/mol. The van der Waals surface area contributed by atoms with Crippen LogP contribution in [0.4, 0.5) is 0 Å². The summed E-state index contributed by atoms with van der Waals surface area (Å²) in [6.45, 7) is 0.110. The molecule has 1 saturated carbocycles. The highest BCUT2D eigenvalue weighted by Gasteiger charge is 2.26. The molecule has 0 atom stereocenters. The molecule has 0 aliphatic heterocycles. The average Bonchev–Trinajstić information content (AvgIpc) is 2.80. The summed E-state index contributed by atoms with van der Waals surface area (Å²) in [4.78, 5) is 41.5. The molecule has 4 rings (SSSR count). The topological polar surface area (TPSA) is 104 Å². The second-order valence-corrected chi connectivity index (χ2v) is 7.82. The molecule has 160 valence electrons. The van der Waals surface area contributed by atoms with Crippen molar-refractivity contribution >= 4 is 5.91 Å². The maximum absolute atomic E-state index is 12.9. The molecular weight excluding hydrogens is 394 g/mol. The third-order valence-corrected chi connectivity index (χ3v) is 5.69. The molecule has 0 saturated heterocycles. The van der Waals surface area contributed by atoms with E-state index < -0.39 is 17.2 Å². The number of aromatic amines is 2. The smallest absolute Gasteiger partial charge is 0.326 e. The van der Waals surface area contributed by atoms with E-state index in [1.165, 1.54) is 5.56 Å². The van der Waals surface area contributed by atoms with E-state index in [1.807, 2.05) is 48.5 Å². The van der Waals surface area contributed by atoms with Crippen LogP contribution in [0.5, 0.6) is 5.75 Å². The number of aromatic nitrogens is 2. The number of nitrogens with one attached hydrogen (secondary N) is 3. The van der Waals surface area contributed by atoms with Crippen LogP contribution in [0.2, 0.25) is 0 Å². The molecule has 0 spiro atoms. The van der Waals surface area contributed by atoms with Gasteiger partial charge in [-0.1, -0.05) is 60.7 Å². The normalized spacial score (nSPS) is 18.3. The second-order valence-electron chi connectivity index (χ2n) is 7.82. The third kappa shape index (κ3) is 5.12. The predicted octanol–water partition coefficient (Wildman–Crippen LogP) is 3.10. The number of benzene rings is 2. The maximum Gasteiger partial charge on any atom is 0.326 e. The lowest BCUT2D eigenvalue weighted by Crippen LogP contribution is -2.40. The maximum atomic E-state index is 12.9. The van der Waals surface area contributed by atoms with Gasteiger partial charge in [-0.2, -0.15) is 0 Å². The molecule has 0 unspecified atom stereocenters. The van der Waals surface area contributed by atoms with Crippen molar-refractivity contribution in [2.75, 3.05) is 0 Å². The van der Waals surface area contributed by atoms with Gasteiger partial charge in [-0.3, -0.25) is 19.6 Å². The largest absolute Gasteiger partial charge is 0.481 e. The Morgan fingerprint density at radius 3 is 2.23 bits per heavy atom. The Kier molecular flexibility index (Phi) is 6.31. The Balaban J connectivity index is 1.43. The summed E-state index contributed by atoms with van der Waals surface area (Å²) in [5.74, 6) is -0.202. The molecule has 1 fully saturated rings. The van der Waals surface area contributed by atoms with Gasteiger partial charge >= 0.3 is 5.69 Å². The first-order valence-electron chi connectivity index (χ1n) is 10.5. The number of H-pyrrole nitrogens is 2. The lowest BCUT2D eigenvalue weighted by molar-refractivity contribution is 0.0914. The van der Waals surface area contributed by atoms with Gasteiger partial charge < -0.3 is 10.1 Å². The molecule has 0 radical (unpaired) electrons. The zero-order chi connectivity index (χ0) is 21.6. The van der Waals surface area contributed by atoms with Gasteiger partial charge in [0.25, 0.3) is 11.5 Å². The summed E-state index contributed by atoms with van der Waals surface area (Å²) in [5.41, 5.74) is 0.559.